The molecule has 2 aromatic heterocycles. The standard InChI is InChI=1S/C17H15F4N3O2S/c1-11(23-27(25,26)14-6-4-13(18)5-7-14)10-24-15(17(19,20)21)9-12-3-2-8-22-16(12)24/h2-9,11,23H,10H2,1H3/t11-/m0/s1. The third-order valence-corrected chi connectivity index (χ3v) is 5.49. The minimum atomic E-state index is -4.61. The second kappa shape index (κ2) is 6.93. The maximum Gasteiger partial charge on any atom is 0.431 e. The molecule has 144 valence electrons. The van der Waals surface area contributed by atoms with Gasteiger partial charge in [0.25, 0.3) is 0 Å². The molecule has 0 unspecified atom stereocenters. The van der Waals surface area contributed by atoms with E-state index >= 15 is 0 Å². The molecule has 1 atom stereocenters. The van der Waals surface area contributed by atoms with E-state index in [1.807, 2.05) is 0 Å². The highest BCUT2D eigenvalue weighted by molar-refractivity contribution is 7.89. The third-order valence-electron chi connectivity index (χ3n) is 3.88. The van der Waals surface area contributed by atoms with Crippen LogP contribution in [-0.2, 0) is 22.7 Å². The van der Waals surface area contributed by atoms with E-state index in [1.165, 1.54) is 25.3 Å². The number of fused-ring (bicyclic) bond motifs is 1. The van der Waals surface area contributed by atoms with Crippen molar-refractivity contribution in [2.24, 2.45) is 0 Å². The van der Waals surface area contributed by atoms with E-state index in [0.717, 1.165) is 34.9 Å². The summed E-state index contributed by atoms with van der Waals surface area (Å²) < 4.78 is 81.0. The molecule has 1 N–H and O–H groups in total. The summed E-state index contributed by atoms with van der Waals surface area (Å²) in [5.74, 6) is -0.596. The van der Waals surface area contributed by atoms with Crippen LogP contribution in [0.4, 0.5) is 17.6 Å². The number of benzene rings is 1. The average Bonchev–Trinajstić information content (AvgIpc) is 2.94. The van der Waals surface area contributed by atoms with Crippen molar-refractivity contribution >= 4 is 21.1 Å². The van der Waals surface area contributed by atoms with E-state index in [4.69, 9.17) is 0 Å². The Balaban J connectivity index is 1.90. The summed E-state index contributed by atoms with van der Waals surface area (Å²) in [5.41, 5.74) is -0.804. The van der Waals surface area contributed by atoms with Gasteiger partial charge in [0, 0.05) is 24.2 Å². The molecule has 3 rings (SSSR count). The number of halogens is 4. The molecule has 27 heavy (non-hydrogen) atoms. The zero-order valence-electron chi connectivity index (χ0n) is 14.0. The van der Waals surface area contributed by atoms with Crippen molar-refractivity contribution in [1.82, 2.24) is 14.3 Å². The molecule has 0 saturated carbocycles. The van der Waals surface area contributed by atoms with Gasteiger partial charge in [-0.3, -0.25) is 0 Å². The topological polar surface area (TPSA) is 64.0 Å². The smallest absolute Gasteiger partial charge is 0.320 e. The SMILES string of the molecule is C[C@@H](Cn1c(C(F)(F)F)cc2cccnc21)NS(=O)(=O)c1ccc(F)cc1. The lowest BCUT2D eigenvalue weighted by Crippen LogP contribution is -2.36. The van der Waals surface area contributed by atoms with Crippen LogP contribution in [-0.4, -0.2) is 24.0 Å². The van der Waals surface area contributed by atoms with Gasteiger partial charge in [0.2, 0.25) is 10.0 Å². The molecular weight excluding hydrogens is 386 g/mol. The fourth-order valence-electron chi connectivity index (χ4n) is 2.76. The molecule has 0 bridgehead atoms. The number of pyridine rings is 1. The first kappa shape index (κ1) is 19.3. The summed E-state index contributed by atoms with van der Waals surface area (Å²) in [5, 5.41) is 0.304. The van der Waals surface area contributed by atoms with Crippen molar-refractivity contribution in [3.8, 4) is 0 Å². The number of hydrogen-bond donors (Lipinski definition) is 1. The number of alkyl halides is 3. The van der Waals surface area contributed by atoms with E-state index in [0.29, 0.717) is 5.39 Å². The van der Waals surface area contributed by atoms with Crippen molar-refractivity contribution in [2.45, 2.75) is 30.6 Å². The van der Waals surface area contributed by atoms with Gasteiger partial charge in [0.15, 0.2) is 0 Å². The van der Waals surface area contributed by atoms with Crippen LogP contribution in [0.5, 0.6) is 0 Å². The Morgan fingerprint density at radius 1 is 1.19 bits per heavy atom. The van der Waals surface area contributed by atoms with Gasteiger partial charge >= 0.3 is 6.18 Å². The summed E-state index contributed by atoms with van der Waals surface area (Å²) in [6.45, 7) is 1.16. The summed E-state index contributed by atoms with van der Waals surface area (Å²) in [6.07, 6.45) is -3.25. The highest BCUT2D eigenvalue weighted by Crippen LogP contribution is 2.33. The Hall–Kier alpha value is -2.46. The molecule has 0 fully saturated rings. The number of nitrogens with one attached hydrogen (secondary N) is 1. The molecule has 10 heteroatoms. The first-order valence-corrected chi connectivity index (χ1v) is 9.35. The maximum atomic E-state index is 13.4. The largest absolute Gasteiger partial charge is 0.431 e. The first-order chi connectivity index (χ1) is 12.6. The minimum Gasteiger partial charge on any atom is -0.320 e. The number of rotatable bonds is 5. The molecule has 0 aliphatic rings. The highest BCUT2D eigenvalue weighted by atomic mass is 32.2. The van der Waals surface area contributed by atoms with E-state index in [-0.39, 0.29) is 17.1 Å². The van der Waals surface area contributed by atoms with Crippen LogP contribution < -0.4 is 4.72 Å². The third kappa shape index (κ3) is 4.11. The Bertz CT molecular complexity index is 1060. The second-order valence-electron chi connectivity index (χ2n) is 6.03. The first-order valence-electron chi connectivity index (χ1n) is 7.87. The van der Waals surface area contributed by atoms with Gasteiger partial charge < -0.3 is 4.57 Å². The van der Waals surface area contributed by atoms with Crippen LogP contribution in [0.1, 0.15) is 12.6 Å². The number of sulfonamides is 1. The predicted octanol–water partition coefficient (Wildman–Crippen LogP) is 3.56. The number of nitrogens with zero attached hydrogens (tertiary/aromatic N) is 2. The van der Waals surface area contributed by atoms with Crippen LogP contribution in [0.3, 0.4) is 0 Å². The molecule has 0 amide bonds. The van der Waals surface area contributed by atoms with Gasteiger partial charge in [-0.25, -0.2) is 22.5 Å². The van der Waals surface area contributed by atoms with E-state index in [9.17, 15) is 26.0 Å². The molecule has 2 heterocycles. The maximum absolute atomic E-state index is 13.4. The molecule has 0 saturated heterocycles. The van der Waals surface area contributed by atoms with Gasteiger partial charge in [-0.1, -0.05) is 0 Å². The fourth-order valence-corrected chi connectivity index (χ4v) is 4.00. The van der Waals surface area contributed by atoms with Gasteiger partial charge in [-0.15, -0.1) is 0 Å². The molecular formula is C17H15F4N3O2S. The molecule has 3 aromatic rings. The van der Waals surface area contributed by atoms with Crippen molar-refractivity contribution in [3.63, 3.8) is 0 Å². The molecule has 0 aliphatic carbocycles. The molecule has 5 nitrogen and oxygen atoms in total. The van der Waals surface area contributed by atoms with Crippen LogP contribution >= 0.6 is 0 Å². The zero-order valence-corrected chi connectivity index (χ0v) is 14.9. The monoisotopic (exact) mass is 401 g/mol. The molecule has 1 aromatic carbocycles. The Kier molecular flexibility index (Phi) is 4.96. The van der Waals surface area contributed by atoms with Crippen molar-refractivity contribution < 1.29 is 26.0 Å². The Labute approximate surface area is 152 Å². The second-order valence-corrected chi connectivity index (χ2v) is 7.74. The molecule has 0 radical (unpaired) electrons. The highest BCUT2D eigenvalue weighted by Gasteiger charge is 2.36. The average molecular weight is 401 g/mol. The predicted molar refractivity (Wildman–Crippen MR) is 90.9 cm³/mol. The minimum absolute atomic E-state index is 0.109. The summed E-state index contributed by atoms with van der Waals surface area (Å²) in [4.78, 5) is 3.80. The van der Waals surface area contributed by atoms with Gasteiger partial charge in [0.1, 0.15) is 17.2 Å². The van der Waals surface area contributed by atoms with Gasteiger partial charge in [0.05, 0.1) is 4.90 Å². The Morgan fingerprint density at radius 2 is 1.85 bits per heavy atom. The lowest BCUT2D eigenvalue weighted by Gasteiger charge is -2.18. The van der Waals surface area contributed by atoms with Crippen molar-refractivity contribution in [2.75, 3.05) is 0 Å². The van der Waals surface area contributed by atoms with E-state index < -0.39 is 33.8 Å². The van der Waals surface area contributed by atoms with Crippen molar-refractivity contribution in [3.05, 3.63) is 60.2 Å². The quantitative estimate of drug-likeness (QED) is 0.665. The zero-order chi connectivity index (χ0) is 19.8. The molecule has 0 spiro atoms. The number of hydrogen-bond acceptors (Lipinski definition) is 3. The summed E-state index contributed by atoms with van der Waals surface area (Å²) in [7, 11) is -4.01. The van der Waals surface area contributed by atoms with E-state index in [2.05, 4.69) is 9.71 Å². The Morgan fingerprint density at radius 3 is 2.48 bits per heavy atom. The molecule has 0 aliphatic heterocycles. The van der Waals surface area contributed by atoms with Gasteiger partial charge in [-0.05, 0) is 49.4 Å². The van der Waals surface area contributed by atoms with Crippen LogP contribution in [0, 0.1) is 5.82 Å². The van der Waals surface area contributed by atoms with Crippen molar-refractivity contribution in [1.29, 1.82) is 0 Å². The van der Waals surface area contributed by atoms with Gasteiger partial charge in [-0.2, -0.15) is 13.2 Å². The number of aromatic nitrogens is 2. The lowest BCUT2D eigenvalue weighted by molar-refractivity contribution is -0.143. The van der Waals surface area contributed by atoms with Crippen LogP contribution in [0.2, 0.25) is 0 Å². The fraction of sp³-hybridized carbons (Fsp3) is 0.235. The normalized spacial score (nSPS) is 13.8. The summed E-state index contributed by atoms with van der Waals surface area (Å²) in [6, 6.07) is 7.27. The van der Waals surface area contributed by atoms with Crippen LogP contribution in [0.25, 0.3) is 11.0 Å². The summed E-state index contributed by atoms with van der Waals surface area (Å²) >= 11 is 0. The van der Waals surface area contributed by atoms with E-state index in [1.54, 1.807) is 0 Å². The van der Waals surface area contributed by atoms with Crippen LogP contribution in [0.15, 0.2) is 53.6 Å². The lowest BCUT2D eigenvalue weighted by atomic mass is 10.3.